The lowest BCUT2D eigenvalue weighted by Gasteiger charge is -2.25. The largest absolute Gasteiger partial charge is 0.486 e. The Labute approximate surface area is 222 Å². The molecule has 14 heteroatoms. The van der Waals surface area contributed by atoms with Gasteiger partial charge in [-0.25, -0.2) is 18.4 Å². The quantitative estimate of drug-likeness (QED) is 0.278. The van der Waals surface area contributed by atoms with Crippen molar-refractivity contribution < 1.29 is 36.6 Å². The fourth-order valence-electron chi connectivity index (χ4n) is 4.01. The van der Waals surface area contributed by atoms with E-state index in [1.54, 1.807) is 18.2 Å². The number of carbonyl (C=O) groups excluding carboxylic acids is 1. The van der Waals surface area contributed by atoms with Gasteiger partial charge in [-0.15, -0.1) is 0 Å². The summed E-state index contributed by atoms with van der Waals surface area (Å²) in [4.78, 5) is 32.9. The van der Waals surface area contributed by atoms with Gasteiger partial charge in [0, 0.05) is 17.9 Å². The van der Waals surface area contributed by atoms with Crippen molar-refractivity contribution in [2.75, 3.05) is 6.61 Å². The second kappa shape index (κ2) is 11.0. The van der Waals surface area contributed by atoms with Crippen molar-refractivity contribution in [3.63, 3.8) is 0 Å². The first-order valence-corrected chi connectivity index (χ1v) is 11.9. The summed E-state index contributed by atoms with van der Waals surface area (Å²) in [5, 5.41) is 23.9. The summed E-state index contributed by atoms with van der Waals surface area (Å²) in [6.07, 6.45) is -9.16. The summed E-state index contributed by atoms with van der Waals surface area (Å²) >= 11 is 0. The van der Waals surface area contributed by atoms with E-state index in [9.17, 15) is 41.9 Å². The van der Waals surface area contributed by atoms with Crippen molar-refractivity contribution in [3.8, 4) is 11.8 Å². The van der Waals surface area contributed by atoms with Gasteiger partial charge in [0.05, 0.1) is 34.1 Å². The van der Waals surface area contributed by atoms with Crippen LogP contribution in [0.15, 0.2) is 41.2 Å². The minimum Gasteiger partial charge on any atom is -0.486 e. The predicted octanol–water partition coefficient (Wildman–Crippen LogP) is 4.04. The van der Waals surface area contributed by atoms with Gasteiger partial charge in [-0.05, 0) is 25.5 Å². The summed E-state index contributed by atoms with van der Waals surface area (Å²) in [6, 6.07) is 11.0. The topological polar surface area (TPSA) is 134 Å². The van der Waals surface area contributed by atoms with Crippen molar-refractivity contribution in [1.29, 1.82) is 5.26 Å². The lowest BCUT2D eigenvalue weighted by Crippen LogP contribution is -2.42. The Bertz CT molecular complexity index is 1670. The van der Waals surface area contributed by atoms with E-state index in [-0.39, 0.29) is 23.1 Å². The highest BCUT2D eigenvalue weighted by molar-refractivity contribution is 5.85. The van der Waals surface area contributed by atoms with Crippen molar-refractivity contribution in [2.45, 2.75) is 50.9 Å². The minimum atomic E-state index is -4.92. The molecular formula is C26H22F5N5O4. The Hall–Kier alpha value is -4.38. The molecule has 0 saturated carbocycles. The summed E-state index contributed by atoms with van der Waals surface area (Å²) in [5.41, 5.74) is -2.61. The van der Waals surface area contributed by atoms with Gasteiger partial charge in [-0.2, -0.15) is 23.5 Å². The number of rotatable bonds is 10. The number of nitriles is 1. The van der Waals surface area contributed by atoms with Crippen LogP contribution in [0, 0.1) is 11.3 Å². The number of halogens is 5. The van der Waals surface area contributed by atoms with E-state index in [4.69, 9.17) is 4.74 Å². The van der Waals surface area contributed by atoms with Gasteiger partial charge in [-0.1, -0.05) is 18.2 Å². The number of hydrogen-bond donors (Lipinski definition) is 2. The van der Waals surface area contributed by atoms with Crippen LogP contribution in [0.4, 0.5) is 22.0 Å². The molecule has 0 bridgehead atoms. The van der Waals surface area contributed by atoms with Crippen LogP contribution < -0.4 is 10.3 Å². The maximum absolute atomic E-state index is 13.0. The van der Waals surface area contributed by atoms with Crippen molar-refractivity contribution in [1.82, 2.24) is 19.7 Å². The fourth-order valence-corrected chi connectivity index (χ4v) is 4.01. The van der Waals surface area contributed by atoms with Crippen molar-refractivity contribution in [2.24, 2.45) is 0 Å². The number of aromatic nitrogens is 4. The Morgan fingerprint density at radius 3 is 2.58 bits per heavy atom. The Balaban J connectivity index is 1.64. The molecule has 0 aliphatic heterocycles. The molecule has 0 amide bonds. The molecular weight excluding hydrogens is 541 g/mol. The number of fused-ring (bicyclic) bond motifs is 2. The Morgan fingerprint density at radius 2 is 1.93 bits per heavy atom. The van der Waals surface area contributed by atoms with E-state index in [0.717, 1.165) is 4.68 Å². The third-order valence-corrected chi connectivity index (χ3v) is 6.22. The highest BCUT2D eigenvalue weighted by Gasteiger charge is 2.49. The lowest BCUT2D eigenvalue weighted by atomic mass is 9.98. The first kappa shape index (κ1) is 28.6. The van der Waals surface area contributed by atoms with Crippen LogP contribution in [0.3, 0.4) is 0 Å². The average Bonchev–Trinajstić information content (AvgIpc) is 3.28. The molecule has 4 aromatic rings. The number of benzene rings is 2. The van der Waals surface area contributed by atoms with Crippen LogP contribution in [0.1, 0.15) is 36.8 Å². The number of ketones is 1. The number of Topliss-reactive ketones (excluding diaryl/α,β-unsaturated/α-hetero) is 1. The Morgan fingerprint density at radius 1 is 1.23 bits per heavy atom. The van der Waals surface area contributed by atoms with Crippen LogP contribution >= 0.6 is 0 Å². The molecule has 4 rings (SSSR count). The smallest absolute Gasteiger partial charge is 0.416 e. The number of alkyl halides is 5. The lowest BCUT2D eigenvalue weighted by molar-refractivity contribution is -0.254. The molecule has 2 aromatic carbocycles. The molecule has 0 aliphatic carbocycles. The summed E-state index contributed by atoms with van der Waals surface area (Å²) in [7, 11) is 0. The van der Waals surface area contributed by atoms with Gasteiger partial charge in [0.2, 0.25) is 0 Å². The van der Waals surface area contributed by atoms with E-state index < -0.39 is 55.5 Å². The minimum absolute atomic E-state index is 0.0154. The maximum atomic E-state index is 13.0. The SMILES string of the molecule is CC(O)(CCC(=O)Cn1nc(Cc2nc3cc(OCC(F)F)c(C#N)cc3[nH]2)c2ccccc2c1=O)C(F)(F)F. The van der Waals surface area contributed by atoms with Crippen molar-refractivity contribution >= 4 is 27.6 Å². The number of H-pyrrole nitrogens is 1. The number of aliphatic hydroxyl groups is 1. The first-order chi connectivity index (χ1) is 18.8. The zero-order valence-electron chi connectivity index (χ0n) is 20.9. The number of aromatic amines is 1. The van der Waals surface area contributed by atoms with Gasteiger partial charge in [0.1, 0.15) is 30.8 Å². The summed E-state index contributed by atoms with van der Waals surface area (Å²) in [6.45, 7) is -0.942. The van der Waals surface area contributed by atoms with Crippen LogP contribution in [0.5, 0.6) is 5.75 Å². The highest BCUT2D eigenvalue weighted by atomic mass is 19.4. The molecule has 0 radical (unpaired) electrons. The van der Waals surface area contributed by atoms with Crippen molar-refractivity contribution in [3.05, 3.63) is 63.8 Å². The zero-order valence-corrected chi connectivity index (χ0v) is 20.9. The van der Waals surface area contributed by atoms with E-state index in [1.165, 1.54) is 18.2 Å². The van der Waals surface area contributed by atoms with E-state index >= 15 is 0 Å². The molecule has 1 unspecified atom stereocenters. The van der Waals surface area contributed by atoms with Gasteiger partial charge in [0.15, 0.2) is 11.4 Å². The monoisotopic (exact) mass is 563 g/mol. The molecule has 0 saturated heterocycles. The first-order valence-electron chi connectivity index (χ1n) is 11.9. The molecule has 0 spiro atoms. The molecule has 210 valence electrons. The van der Waals surface area contributed by atoms with Crippen LogP contribution in [-0.2, 0) is 17.8 Å². The molecule has 1 atom stereocenters. The predicted molar refractivity (Wildman–Crippen MR) is 132 cm³/mol. The maximum Gasteiger partial charge on any atom is 0.416 e. The van der Waals surface area contributed by atoms with E-state index in [2.05, 4.69) is 15.1 Å². The fraction of sp³-hybridized carbons (Fsp3) is 0.346. The average molecular weight is 563 g/mol. The molecule has 0 fully saturated rings. The number of nitrogens with one attached hydrogen (secondary N) is 1. The third-order valence-electron chi connectivity index (χ3n) is 6.22. The second-order valence-electron chi connectivity index (χ2n) is 9.31. The standard InChI is InChI=1S/C26H22F5N5O4/c1-25(39,26(29,30)31)7-6-15(37)12-36-24(38)17-5-3-2-4-16(17)18(35-36)10-23-33-19-8-14(11-32)21(9-20(19)34-23)40-13-22(27)28/h2-5,8-9,22,39H,6-7,10,12-13H2,1H3,(H,33,34). The number of nitrogens with zero attached hydrogens (tertiary/aromatic N) is 4. The molecule has 2 N–H and O–H groups in total. The zero-order chi connectivity index (χ0) is 29.2. The number of imidazole rings is 1. The summed E-state index contributed by atoms with van der Waals surface area (Å²) < 4.78 is 69.8. The number of hydrogen-bond acceptors (Lipinski definition) is 7. The number of carbonyl (C=O) groups is 1. The van der Waals surface area contributed by atoms with Gasteiger partial charge >= 0.3 is 6.18 Å². The van der Waals surface area contributed by atoms with Crippen LogP contribution in [0.25, 0.3) is 21.8 Å². The second-order valence-corrected chi connectivity index (χ2v) is 9.31. The van der Waals surface area contributed by atoms with E-state index in [1.807, 2.05) is 6.07 Å². The van der Waals surface area contributed by atoms with Crippen LogP contribution in [0.2, 0.25) is 0 Å². The normalized spacial score (nSPS) is 13.5. The summed E-state index contributed by atoms with van der Waals surface area (Å²) in [5.74, 6) is -0.460. The van der Waals surface area contributed by atoms with Crippen LogP contribution in [-0.4, -0.2) is 55.4 Å². The Kier molecular flexibility index (Phi) is 7.88. The number of ether oxygens (including phenoxy) is 1. The molecule has 0 aliphatic rings. The molecule has 9 nitrogen and oxygen atoms in total. The molecule has 40 heavy (non-hydrogen) atoms. The highest BCUT2D eigenvalue weighted by Crippen LogP contribution is 2.33. The molecule has 2 aromatic heterocycles. The van der Waals surface area contributed by atoms with E-state index in [0.29, 0.717) is 34.9 Å². The van der Waals surface area contributed by atoms with Gasteiger partial charge in [-0.3, -0.25) is 9.59 Å². The third kappa shape index (κ3) is 6.09. The van der Waals surface area contributed by atoms with Gasteiger partial charge < -0.3 is 14.8 Å². The molecule has 2 heterocycles. The van der Waals surface area contributed by atoms with Gasteiger partial charge in [0.25, 0.3) is 12.0 Å².